The van der Waals surface area contributed by atoms with Crippen LogP contribution in [0.25, 0.3) is 0 Å². The molecule has 0 atom stereocenters. The highest BCUT2D eigenvalue weighted by Gasteiger charge is 2.33. The zero-order valence-corrected chi connectivity index (χ0v) is 18.5. The maximum absolute atomic E-state index is 11.9. The molecule has 1 saturated carbocycles. The van der Waals surface area contributed by atoms with Gasteiger partial charge in [0, 0.05) is 50.0 Å². The lowest BCUT2D eigenvalue weighted by molar-refractivity contribution is -0.251. The molecule has 0 unspecified atom stereocenters. The third-order valence-electron chi connectivity index (χ3n) is 4.53. The molecule has 6 heteroatoms. The number of carbonyl (C=O) groups excluding carboxylic acids is 1. The summed E-state index contributed by atoms with van der Waals surface area (Å²) in [6.45, 7) is 15.9. The van der Waals surface area contributed by atoms with Crippen LogP contribution in [0.4, 0.5) is 0 Å². The van der Waals surface area contributed by atoms with Crippen molar-refractivity contribution in [3.8, 4) is 0 Å². The van der Waals surface area contributed by atoms with E-state index in [0.717, 1.165) is 32.2 Å². The van der Waals surface area contributed by atoms with E-state index in [4.69, 9.17) is 9.47 Å². The minimum absolute atomic E-state index is 0.0376. The van der Waals surface area contributed by atoms with Crippen LogP contribution in [0.1, 0.15) is 80.1 Å². The minimum Gasteiger partial charge on any atom is -0.354 e. The molecule has 0 aromatic carbocycles. The summed E-state index contributed by atoms with van der Waals surface area (Å²) in [6.07, 6.45) is 5.87. The molecular formula is C21H43N3O3. The molecule has 27 heavy (non-hydrogen) atoms. The summed E-state index contributed by atoms with van der Waals surface area (Å²) in [5, 5.41) is 9.71. The lowest BCUT2D eigenvalue weighted by Gasteiger charge is -2.37. The van der Waals surface area contributed by atoms with Crippen molar-refractivity contribution in [3.63, 3.8) is 0 Å². The smallest absolute Gasteiger partial charge is 0.221 e. The third kappa shape index (κ3) is 12.4. The van der Waals surface area contributed by atoms with Crippen molar-refractivity contribution in [3.05, 3.63) is 0 Å². The second-order valence-corrected chi connectivity index (χ2v) is 9.62. The van der Waals surface area contributed by atoms with Gasteiger partial charge in [-0.1, -0.05) is 6.42 Å². The number of hydrogen-bond donors (Lipinski definition) is 3. The average molecular weight is 386 g/mol. The third-order valence-corrected chi connectivity index (χ3v) is 4.53. The van der Waals surface area contributed by atoms with Crippen LogP contribution in [-0.4, -0.2) is 55.6 Å². The molecule has 0 aliphatic heterocycles. The van der Waals surface area contributed by atoms with E-state index >= 15 is 0 Å². The number of carbonyl (C=O) groups is 1. The molecule has 1 rings (SSSR count). The normalized spacial score (nSPS) is 17.7. The van der Waals surface area contributed by atoms with Crippen LogP contribution in [0, 0.1) is 0 Å². The summed E-state index contributed by atoms with van der Waals surface area (Å²) in [5.74, 6) is -0.417. The Morgan fingerprint density at radius 3 is 1.89 bits per heavy atom. The maximum atomic E-state index is 11.9. The van der Waals surface area contributed by atoms with Gasteiger partial charge >= 0.3 is 0 Å². The van der Waals surface area contributed by atoms with Crippen LogP contribution in [0.3, 0.4) is 0 Å². The highest BCUT2D eigenvalue weighted by molar-refractivity contribution is 5.76. The summed E-state index contributed by atoms with van der Waals surface area (Å²) in [5.41, 5.74) is 0.131. The molecule has 1 amide bonds. The summed E-state index contributed by atoms with van der Waals surface area (Å²) in [6, 6.07) is 0. The predicted octanol–water partition coefficient (Wildman–Crippen LogP) is 2.96. The van der Waals surface area contributed by atoms with Gasteiger partial charge in [-0.05, 0) is 54.4 Å². The van der Waals surface area contributed by atoms with Crippen molar-refractivity contribution < 1.29 is 14.3 Å². The molecular weight excluding hydrogens is 342 g/mol. The fourth-order valence-corrected chi connectivity index (χ4v) is 3.15. The second kappa shape index (κ2) is 11.3. The Bertz CT molecular complexity index is 421. The van der Waals surface area contributed by atoms with Crippen LogP contribution in [0.15, 0.2) is 0 Å². The first-order valence-electron chi connectivity index (χ1n) is 10.6. The molecule has 3 N–H and O–H groups in total. The van der Waals surface area contributed by atoms with Gasteiger partial charge in [-0.25, -0.2) is 0 Å². The minimum atomic E-state index is -0.476. The molecule has 1 aliphatic carbocycles. The van der Waals surface area contributed by atoms with E-state index in [2.05, 4.69) is 57.5 Å². The highest BCUT2D eigenvalue weighted by atomic mass is 16.7. The first-order valence-corrected chi connectivity index (χ1v) is 10.6. The number of nitrogens with one attached hydrogen (secondary N) is 3. The summed E-state index contributed by atoms with van der Waals surface area (Å²) >= 11 is 0. The molecule has 0 spiro atoms. The Kier molecular flexibility index (Phi) is 10.2. The van der Waals surface area contributed by atoms with Gasteiger partial charge in [-0.2, -0.15) is 0 Å². The Morgan fingerprint density at radius 2 is 1.33 bits per heavy atom. The van der Waals surface area contributed by atoms with Gasteiger partial charge in [0.25, 0.3) is 0 Å². The highest BCUT2D eigenvalue weighted by Crippen LogP contribution is 2.32. The topological polar surface area (TPSA) is 71.6 Å². The van der Waals surface area contributed by atoms with Crippen molar-refractivity contribution in [2.45, 2.75) is 96.9 Å². The molecule has 0 bridgehead atoms. The van der Waals surface area contributed by atoms with E-state index in [1.165, 1.54) is 6.42 Å². The molecule has 1 fully saturated rings. The first-order chi connectivity index (χ1) is 12.5. The predicted molar refractivity (Wildman–Crippen MR) is 111 cm³/mol. The monoisotopic (exact) mass is 385 g/mol. The molecule has 1 aliphatic rings. The lowest BCUT2D eigenvalue weighted by atomic mass is 9.94. The number of rotatable bonds is 11. The Hall–Kier alpha value is -0.690. The number of ether oxygens (including phenoxy) is 2. The van der Waals surface area contributed by atoms with Gasteiger partial charge in [-0.3, -0.25) is 4.79 Å². The van der Waals surface area contributed by atoms with Gasteiger partial charge in [0.05, 0.1) is 13.2 Å². The van der Waals surface area contributed by atoms with E-state index in [-0.39, 0.29) is 17.0 Å². The average Bonchev–Trinajstić information content (AvgIpc) is 2.55. The fraction of sp³-hybridized carbons (Fsp3) is 0.952. The number of hydrogen-bond acceptors (Lipinski definition) is 5. The van der Waals surface area contributed by atoms with E-state index in [1.54, 1.807) is 0 Å². The van der Waals surface area contributed by atoms with Gasteiger partial charge in [-0.15, -0.1) is 0 Å². The Morgan fingerprint density at radius 1 is 0.815 bits per heavy atom. The quantitative estimate of drug-likeness (QED) is 0.377. The van der Waals surface area contributed by atoms with Gasteiger partial charge < -0.3 is 25.4 Å². The molecule has 0 radical (unpaired) electrons. The molecule has 6 nitrogen and oxygen atoms in total. The summed E-state index contributed by atoms with van der Waals surface area (Å²) in [7, 11) is 0. The van der Waals surface area contributed by atoms with Crippen LogP contribution < -0.4 is 16.0 Å². The standard InChI is InChI=1S/C21H43N3O3/c1-19(2,3)23-13-10-18(25)22-14-16-26-21(11-8-7-9-12-21)27-17-15-24-20(4,5)6/h23-24H,7-17H2,1-6H3,(H,22,25). The summed E-state index contributed by atoms with van der Waals surface area (Å²) < 4.78 is 12.3. The second-order valence-electron chi connectivity index (χ2n) is 9.62. The van der Waals surface area contributed by atoms with Crippen LogP contribution >= 0.6 is 0 Å². The van der Waals surface area contributed by atoms with Crippen LogP contribution in [-0.2, 0) is 14.3 Å². The molecule has 0 saturated heterocycles. The molecule has 0 heterocycles. The van der Waals surface area contributed by atoms with E-state index in [9.17, 15) is 4.79 Å². The molecule has 160 valence electrons. The van der Waals surface area contributed by atoms with Gasteiger partial charge in [0.15, 0.2) is 5.79 Å². The number of amides is 1. The summed E-state index contributed by atoms with van der Waals surface area (Å²) in [4.78, 5) is 11.9. The van der Waals surface area contributed by atoms with E-state index in [1.807, 2.05) is 0 Å². The van der Waals surface area contributed by atoms with Crippen molar-refractivity contribution in [2.24, 2.45) is 0 Å². The SMILES string of the molecule is CC(C)(C)NCCOC1(OCCNC(=O)CCNC(C)(C)C)CCCCC1. The van der Waals surface area contributed by atoms with Crippen molar-refractivity contribution in [2.75, 3.05) is 32.8 Å². The fourth-order valence-electron chi connectivity index (χ4n) is 3.15. The van der Waals surface area contributed by atoms with E-state index < -0.39 is 5.79 Å². The van der Waals surface area contributed by atoms with Gasteiger partial charge in [0.2, 0.25) is 5.91 Å². The van der Waals surface area contributed by atoms with Crippen molar-refractivity contribution in [1.82, 2.24) is 16.0 Å². The van der Waals surface area contributed by atoms with Gasteiger partial charge in [0.1, 0.15) is 0 Å². The largest absolute Gasteiger partial charge is 0.354 e. The van der Waals surface area contributed by atoms with Crippen LogP contribution in [0.5, 0.6) is 0 Å². The molecule has 0 aromatic heterocycles. The van der Waals surface area contributed by atoms with Crippen molar-refractivity contribution >= 4 is 5.91 Å². The Labute approximate surface area is 166 Å². The molecule has 0 aromatic rings. The van der Waals surface area contributed by atoms with Crippen molar-refractivity contribution in [1.29, 1.82) is 0 Å². The first kappa shape index (κ1) is 24.3. The van der Waals surface area contributed by atoms with Crippen LogP contribution in [0.2, 0.25) is 0 Å². The van der Waals surface area contributed by atoms with E-state index in [0.29, 0.717) is 32.7 Å². The zero-order valence-electron chi connectivity index (χ0n) is 18.5. The zero-order chi connectivity index (χ0) is 20.4. The maximum Gasteiger partial charge on any atom is 0.221 e. The lowest BCUT2D eigenvalue weighted by Crippen LogP contribution is -2.44. The Balaban J connectivity index is 2.26.